The van der Waals surface area contributed by atoms with Crippen molar-refractivity contribution in [1.29, 1.82) is 0 Å². The number of nitrogens with one attached hydrogen (secondary N) is 1. The summed E-state index contributed by atoms with van der Waals surface area (Å²) in [5.41, 5.74) is 2.89. The number of rotatable bonds is 7. The van der Waals surface area contributed by atoms with Crippen molar-refractivity contribution in [3.8, 4) is 17.0 Å². The Bertz CT molecular complexity index is 1100. The lowest BCUT2D eigenvalue weighted by Crippen LogP contribution is -2.36. The highest BCUT2D eigenvalue weighted by atomic mass is 32.2. The van der Waals surface area contributed by atoms with Crippen LogP contribution >= 0.6 is 0 Å². The van der Waals surface area contributed by atoms with Gasteiger partial charge < -0.3 is 10.1 Å². The molecule has 0 aliphatic rings. The largest absolute Gasteiger partial charge is 0.496 e. The van der Waals surface area contributed by atoms with Crippen molar-refractivity contribution in [3.63, 3.8) is 0 Å². The molecule has 0 saturated heterocycles. The number of ether oxygens (including phenoxy) is 1. The third-order valence-corrected chi connectivity index (χ3v) is 5.60. The van der Waals surface area contributed by atoms with Crippen LogP contribution in [-0.4, -0.2) is 37.8 Å². The molecule has 0 spiro atoms. The van der Waals surface area contributed by atoms with Gasteiger partial charge in [0.2, 0.25) is 10.0 Å². The third-order valence-electron chi connectivity index (χ3n) is 4.25. The second kappa shape index (κ2) is 8.48. The van der Waals surface area contributed by atoms with Gasteiger partial charge in [-0.25, -0.2) is 18.4 Å². The fraction of sp³-hybridized carbons (Fsp3) is 0.238. The molecule has 0 radical (unpaired) electrons. The highest BCUT2D eigenvalue weighted by Gasteiger charge is 2.20. The van der Waals surface area contributed by atoms with Crippen LogP contribution in [0.3, 0.4) is 0 Å². The van der Waals surface area contributed by atoms with Gasteiger partial charge in [-0.1, -0.05) is 18.2 Å². The Labute approximate surface area is 171 Å². The monoisotopic (exact) mass is 412 g/mol. The van der Waals surface area contributed by atoms with E-state index in [0.29, 0.717) is 11.5 Å². The molecule has 0 bridgehead atoms. The molecule has 0 unspecified atom stereocenters. The lowest BCUT2D eigenvalue weighted by Gasteiger charge is -2.26. The van der Waals surface area contributed by atoms with Crippen molar-refractivity contribution in [2.24, 2.45) is 0 Å². The van der Waals surface area contributed by atoms with Gasteiger partial charge in [-0.05, 0) is 44.2 Å². The molecule has 7 nitrogen and oxygen atoms in total. The minimum absolute atomic E-state index is 0.198. The smallest absolute Gasteiger partial charge is 0.232 e. The standard InChI is InChI=1S/C21H24N4O3S/c1-15(2)25(29(4,26)27)17-9-7-8-16(12-17)24-21-13-19(22-14-23-21)18-10-5-6-11-20(18)28-3/h5-15H,1-4H3,(H,22,23,24). The van der Waals surface area contributed by atoms with E-state index in [1.165, 1.54) is 16.9 Å². The van der Waals surface area contributed by atoms with E-state index >= 15 is 0 Å². The van der Waals surface area contributed by atoms with Crippen LogP contribution in [0.15, 0.2) is 60.9 Å². The first kappa shape index (κ1) is 20.6. The van der Waals surface area contributed by atoms with Gasteiger partial charge in [0.25, 0.3) is 0 Å². The topological polar surface area (TPSA) is 84.4 Å². The van der Waals surface area contributed by atoms with E-state index in [-0.39, 0.29) is 6.04 Å². The molecule has 1 N–H and O–H groups in total. The highest BCUT2D eigenvalue weighted by Crippen LogP contribution is 2.30. The van der Waals surface area contributed by atoms with Crippen LogP contribution in [0.5, 0.6) is 5.75 Å². The average molecular weight is 413 g/mol. The van der Waals surface area contributed by atoms with Crippen molar-refractivity contribution < 1.29 is 13.2 Å². The zero-order valence-corrected chi connectivity index (χ0v) is 17.6. The number of para-hydroxylation sites is 1. The molecule has 3 rings (SSSR count). The fourth-order valence-electron chi connectivity index (χ4n) is 3.17. The number of nitrogens with zero attached hydrogens (tertiary/aromatic N) is 3. The van der Waals surface area contributed by atoms with Gasteiger partial charge in [-0.15, -0.1) is 0 Å². The number of sulfonamides is 1. The fourth-order valence-corrected chi connectivity index (χ4v) is 4.43. The molecule has 0 aliphatic carbocycles. The van der Waals surface area contributed by atoms with Crippen LogP contribution in [0.1, 0.15) is 13.8 Å². The zero-order valence-electron chi connectivity index (χ0n) is 16.8. The van der Waals surface area contributed by atoms with Gasteiger partial charge in [-0.2, -0.15) is 0 Å². The second-order valence-corrected chi connectivity index (χ2v) is 8.68. The molecule has 0 amide bonds. The Morgan fingerprint density at radius 3 is 2.48 bits per heavy atom. The normalized spacial score (nSPS) is 11.3. The molecular weight excluding hydrogens is 388 g/mol. The Morgan fingerprint density at radius 1 is 1.03 bits per heavy atom. The van der Waals surface area contributed by atoms with E-state index < -0.39 is 10.0 Å². The third kappa shape index (κ3) is 4.83. The molecule has 1 heterocycles. The minimum atomic E-state index is -3.39. The van der Waals surface area contributed by atoms with Crippen molar-refractivity contribution >= 4 is 27.2 Å². The van der Waals surface area contributed by atoms with E-state index in [0.717, 1.165) is 22.7 Å². The van der Waals surface area contributed by atoms with Crippen LogP contribution in [-0.2, 0) is 10.0 Å². The molecule has 152 valence electrons. The van der Waals surface area contributed by atoms with Crippen molar-refractivity contribution in [3.05, 3.63) is 60.9 Å². The minimum Gasteiger partial charge on any atom is -0.496 e. The van der Waals surface area contributed by atoms with Crippen LogP contribution in [0.25, 0.3) is 11.3 Å². The molecule has 2 aromatic carbocycles. The number of anilines is 3. The zero-order chi connectivity index (χ0) is 21.0. The molecule has 3 aromatic rings. The SMILES string of the molecule is COc1ccccc1-c1cc(Nc2cccc(N(C(C)C)S(C)(=O)=O)c2)ncn1. The van der Waals surface area contributed by atoms with Crippen LogP contribution in [0.2, 0.25) is 0 Å². The van der Waals surface area contributed by atoms with Gasteiger partial charge in [0.05, 0.1) is 24.7 Å². The summed E-state index contributed by atoms with van der Waals surface area (Å²) in [7, 11) is -1.77. The maximum absolute atomic E-state index is 12.2. The quantitative estimate of drug-likeness (QED) is 0.630. The van der Waals surface area contributed by atoms with E-state index in [9.17, 15) is 8.42 Å². The predicted octanol–water partition coefficient (Wildman–Crippen LogP) is 4.07. The Hall–Kier alpha value is -3.13. The summed E-state index contributed by atoms with van der Waals surface area (Å²) in [6.45, 7) is 3.68. The Morgan fingerprint density at radius 2 is 1.79 bits per heavy atom. The number of hydrogen-bond donors (Lipinski definition) is 1. The van der Waals surface area contributed by atoms with Crippen LogP contribution < -0.4 is 14.4 Å². The molecule has 0 aliphatic heterocycles. The summed E-state index contributed by atoms with van der Waals surface area (Å²) in [6, 6.07) is 16.5. The summed E-state index contributed by atoms with van der Waals surface area (Å²) in [5.74, 6) is 1.31. The van der Waals surface area contributed by atoms with E-state index in [4.69, 9.17) is 4.74 Å². The van der Waals surface area contributed by atoms with Gasteiger partial charge in [0.1, 0.15) is 17.9 Å². The summed E-state index contributed by atoms with van der Waals surface area (Å²) in [4.78, 5) is 8.62. The van der Waals surface area contributed by atoms with Crippen molar-refractivity contribution in [1.82, 2.24) is 9.97 Å². The molecular formula is C21H24N4O3S. The van der Waals surface area contributed by atoms with Gasteiger partial charge in [0, 0.05) is 23.4 Å². The van der Waals surface area contributed by atoms with Crippen molar-refractivity contribution in [2.45, 2.75) is 19.9 Å². The number of aromatic nitrogens is 2. The summed E-state index contributed by atoms with van der Waals surface area (Å²) in [5, 5.41) is 3.22. The second-order valence-electron chi connectivity index (χ2n) is 6.82. The highest BCUT2D eigenvalue weighted by molar-refractivity contribution is 7.92. The molecule has 8 heteroatoms. The van der Waals surface area contributed by atoms with Gasteiger partial charge in [-0.3, -0.25) is 4.31 Å². The average Bonchev–Trinajstić information content (AvgIpc) is 2.67. The molecule has 0 fully saturated rings. The molecule has 0 atom stereocenters. The summed E-state index contributed by atoms with van der Waals surface area (Å²) >= 11 is 0. The Balaban J connectivity index is 1.92. The summed E-state index contributed by atoms with van der Waals surface area (Å²) in [6.07, 6.45) is 2.68. The first-order chi connectivity index (χ1) is 13.8. The maximum Gasteiger partial charge on any atom is 0.232 e. The van der Waals surface area contributed by atoms with E-state index in [1.54, 1.807) is 25.3 Å². The first-order valence-electron chi connectivity index (χ1n) is 9.11. The Kier molecular flexibility index (Phi) is 6.03. The number of hydrogen-bond acceptors (Lipinski definition) is 6. The molecule has 29 heavy (non-hydrogen) atoms. The number of methoxy groups -OCH3 is 1. The maximum atomic E-state index is 12.2. The first-order valence-corrected chi connectivity index (χ1v) is 11.0. The van der Waals surface area contributed by atoms with Crippen molar-refractivity contribution in [2.75, 3.05) is 23.0 Å². The predicted molar refractivity (Wildman–Crippen MR) is 116 cm³/mol. The molecule has 0 saturated carbocycles. The van der Waals surface area contributed by atoms with Gasteiger partial charge >= 0.3 is 0 Å². The van der Waals surface area contributed by atoms with E-state index in [2.05, 4.69) is 15.3 Å². The van der Waals surface area contributed by atoms with Gasteiger partial charge in [0.15, 0.2) is 0 Å². The summed E-state index contributed by atoms with van der Waals surface area (Å²) < 4.78 is 31.2. The lowest BCUT2D eigenvalue weighted by molar-refractivity contribution is 0.416. The van der Waals surface area contributed by atoms with Crippen LogP contribution in [0, 0.1) is 0 Å². The lowest BCUT2D eigenvalue weighted by atomic mass is 10.1. The number of benzene rings is 2. The van der Waals surface area contributed by atoms with Crippen LogP contribution in [0.4, 0.5) is 17.2 Å². The van der Waals surface area contributed by atoms with E-state index in [1.807, 2.05) is 50.2 Å². The molecule has 1 aromatic heterocycles.